The summed E-state index contributed by atoms with van der Waals surface area (Å²) in [6.07, 6.45) is 0. The number of nitrogens with zero attached hydrogens (tertiary/aromatic N) is 2. The molecule has 0 aromatic heterocycles. The Kier molecular flexibility index (Phi) is 7.87. The first kappa shape index (κ1) is 26.9. The van der Waals surface area contributed by atoms with Crippen molar-refractivity contribution in [2.24, 2.45) is 10.2 Å². The molecule has 0 aliphatic carbocycles. The average Bonchev–Trinajstić information content (AvgIpc) is 3.01. The Morgan fingerprint density at radius 3 is 2.12 bits per heavy atom. The molecule has 5 rings (SSSR count). The van der Waals surface area contributed by atoms with E-state index in [0.29, 0.717) is 33.6 Å². The smallest absolute Gasteiger partial charge is 0.259 e. The van der Waals surface area contributed by atoms with E-state index < -0.39 is 11.8 Å². The van der Waals surface area contributed by atoms with Gasteiger partial charge in [-0.25, -0.2) is 0 Å². The van der Waals surface area contributed by atoms with Crippen LogP contribution < -0.4 is 20.1 Å². The second-order valence-corrected chi connectivity index (χ2v) is 8.93. The zero-order valence-electron chi connectivity index (χ0n) is 22.3. The fraction of sp³-hybridized carbons (Fsp3) is 0.0625. The number of hydrogen-bond donors (Lipinski definition) is 3. The molecule has 9 nitrogen and oxygen atoms in total. The van der Waals surface area contributed by atoms with Crippen LogP contribution in [-0.2, 0) is 0 Å². The number of phenolic OH excluding ortho intramolecular Hbond substituents is 1. The molecule has 2 amide bonds. The minimum absolute atomic E-state index is 0.0255. The van der Waals surface area contributed by atoms with E-state index >= 15 is 0 Å². The van der Waals surface area contributed by atoms with Crippen LogP contribution in [0.2, 0.25) is 0 Å². The number of carbonyl (C=O) groups excluding carboxylic acids is 2. The Hall–Kier alpha value is -5.70. The summed E-state index contributed by atoms with van der Waals surface area (Å²) in [6.45, 7) is 0. The number of ether oxygens (including phenoxy) is 2. The quantitative estimate of drug-likeness (QED) is 0.174. The van der Waals surface area contributed by atoms with E-state index in [2.05, 4.69) is 20.9 Å². The van der Waals surface area contributed by atoms with E-state index in [0.717, 1.165) is 0 Å². The van der Waals surface area contributed by atoms with Gasteiger partial charge in [-0.2, -0.15) is 0 Å². The number of carbonyl (C=O) groups is 2. The molecule has 0 atom stereocenters. The predicted octanol–water partition coefficient (Wildman–Crippen LogP) is 7.48. The zero-order valence-corrected chi connectivity index (χ0v) is 22.3. The second kappa shape index (κ2) is 12.0. The lowest BCUT2D eigenvalue weighted by Gasteiger charge is -2.12. The highest BCUT2D eigenvalue weighted by Gasteiger charge is 2.19. The van der Waals surface area contributed by atoms with Crippen molar-refractivity contribution in [1.29, 1.82) is 0 Å². The number of benzene rings is 5. The molecule has 5 aromatic carbocycles. The molecule has 3 N–H and O–H groups in total. The van der Waals surface area contributed by atoms with Gasteiger partial charge in [0.05, 0.1) is 31.0 Å². The molecule has 204 valence electrons. The van der Waals surface area contributed by atoms with Crippen LogP contribution in [0.25, 0.3) is 10.8 Å². The van der Waals surface area contributed by atoms with Crippen molar-refractivity contribution in [3.8, 4) is 17.2 Å². The van der Waals surface area contributed by atoms with Crippen molar-refractivity contribution in [2.75, 3.05) is 24.9 Å². The predicted molar refractivity (Wildman–Crippen MR) is 158 cm³/mol. The third-order valence-electron chi connectivity index (χ3n) is 6.32. The molecule has 0 saturated carbocycles. The van der Waals surface area contributed by atoms with Gasteiger partial charge in [0.25, 0.3) is 11.8 Å². The number of rotatable bonds is 8. The molecule has 0 spiro atoms. The molecule has 9 heteroatoms. The van der Waals surface area contributed by atoms with Crippen LogP contribution in [0.5, 0.6) is 17.2 Å². The summed E-state index contributed by atoms with van der Waals surface area (Å²) >= 11 is 0. The topological polar surface area (TPSA) is 122 Å². The molecule has 0 heterocycles. The molecule has 0 fully saturated rings. The summed E-state index contributed by atoms with van der Waals surface area (Å²) in [5.74, 6) is 0.00459. The van der Waals surface area contributed by atoms with Crippen molar-refractivity contribution in [1.82, 2.24) is 0 Å². The molecule has 0 unspecified atom stereocenters. The molecule has 5 aromatic rings. The van der Waals surface area contributed by atoms with Gasteiger partial charge in [0.15, 0.2) is 5.75 Å². The van der Waals surface area contributed by atoms with Gasteiger partial charge in [0.2, 0.25) is 0 Å². The molecule has 0 radical (unpaired) electrons. The zero-order chi connectivity index (χ0) is 28.8. The van der Waals surface area contributed by atoms with Crippen LogP contribution in [0, 0.1) is 0 Å². The number of phenols is 1. The number of fused-ring (bicyclic) bond motifs is 1. The summed E-state index contributed by atoms with van der Waals surface area (Å²) < 4.78 is 10.4. The van der Waals surface area contributed by atoms with Gasteiger partial charge in [0.1, 0.15) is 17.2 Å². The van der Waals surface area contributed by atoms with E-state index in [1.165, 1.54) is 0 Å². The van der Waals surface area contributed by atoms with E-state index in [4.69, 9.17) is 9.47 Å². The number of hydrogen-bond acceptors (Lipinski definition) is 7. The monoisotopic (exact) mass is 546 g/mol. The second-order valence-electron chi connectivity index (χ2n) is 8.93. The standard InChI is InChI=1S/C32H26N4O5/c1-40-23-16-14-21(15-17-23)33-32(39)27-18-20-8-3-4-11-25(20)29(30(27)37)36-35-28-13-6-5-12-26(28)31(38)34-22-9-7-10-24(19-22)41-2/h3-19,37H,1-2H3,(H,33,39)(H,34,38). The number of azo groups is 1. The summed E-state index contributed by atoms with van der Waals surface area (Å²) in [7, 11) is 3.11. The highest BCUT2D eigenvalue weighted by Crippen LogP contribution is 2.40. The van der Waals surface area contributed by atoms with E-state index in [9.17, 15) is 14.7 Å². The van der Waals surface area contributed by atoms with Gasteiger partial charge in [0, 0.05) is 22.8 Å². The van der Waals surface area contributed by atoms with Crippen LogP contribution in [0.4, 0.5) is 22.7 Å². The highest BCUT2D eigenvalue weighted by molar-refractivity contribution is 6.12. The fourth-order valence-electron chi connectivity index (χ4n) is 4.22. The van der Waals surface area contributed by atoms with Gasteiger partial charge in [-0.3, -0.25) is 9.59 Å². The van der Waals surface area contributed by atoms with E-state index in [-0.39, 0.29) is 28.3 Å². The molecular formula is C32H26N4O5. The minimum atomic E-state index is -0.520. The SMILES string of the molecule is COc1ccc(NC(=O)c2cc3ccccc3c(N=Nc3ccccc3C(=O)Nc3cccc(OC)c3)c2O)cc1. The molecule has 0 saturated heterocycles. The largest absolute Gasteiger partial charge is 0.505 e. The van der Waals surface area contributed by atoms with Crippen LogP contribution >= 0.6 is 0 Å². The molecule has 41 heavy (non-hydrogen) atoms. The Morgan fingerprint density at radius 2 is 1.34 bits per heavy atom. The van der Waals surface area contributed by atoms with Gasteiger partial charge in [-0.15, -0.1) is 10.2 Å². The van der Waals surface area contributed by atoms with Gasteiger partial charge in [-0.1, -0.05) is 42.5 Å². The van der Waals surface area contributed by atoms with Gasteiger partial charge in [-0.05, 0) is 60.0 Å². The summed E-state index contributed by atoms with van der Waals surface area (Å²) in [5.41, 5.74) is 1.77. The van der Waals surface area contributed by atoms with Gasteiger partial charge < -0.3 is 25.2 Å². The Balaban J connectivity index is 1.48. The van der Waals surface area contributed by atoms with E-state index in [1.807, 2.05) is 12.1 Å². The summed E-state index contributed by atoms with van der Waals surface area (Å²) in [5, 5.41) is 26.7. The van der Waals surface area contributed by atoms with Crippen molar-refractivity contribution in [3.05, 3.63) is 114 Å². The lowest BCUT2D eigenvalue weighted by molar-refractivity contribution is 0.101. The lowest BCUT2D eigenvalue weighted by Crippen LogP contribution is -2.12. The molecule has 0 bridgehead atoms. The average molecular weight is 547 g/mol. The Morgan fingerprint density at radius 1 is 0.659 bits per heavy atom. The van der Waals surface area contributed by atoms with E-state index in [1.54, 1.807) is 105 Å². The Bertz CT molecular complexity index is 1770. The number of aromatic hydroxyl groups is 1. The minimum Gasteiger partial charge on any atom is -0.505 e. The Labute approximate surface area is 236 Å². The fourth-order valence-corrected chi connectivity index (χ4v) is 4.22. The van der Waals surface area contributed by atoms with Crippen molar-refractivity contribution < 1.29 is 24.2 Å². The third-order valence-corrected chi connectivity index (χ3v) is 6.32. The van der Waals surface area contributed by atoms with Crippen molar-refractivity contribution in [3.63, 3.8) is 0 Å². The van der Waals surface area contributed by atoms with Gasteiger partial charge >= 0.3 is 0 Å². The van der Waals surface area contributed by atoms with Crippen molar-refractivity contribution >= 4 is 45.3 Å². The first-order valence-corrected chi connectivity index (χ1v) is 12.6. The maximum absolute atomic E-state index is 13.2. The third kappa shape index (κ3) is 5.99. The summed E-state index contributed by atoms with van der Waals surface area (Å²) in [6, 6.07) is 29.4. The number of nitrogens with one attached hydrogen (secondary N) is 2. The normalized spacial score (nSPS) is 10.9. The first-order chi connectivity index (χ1) is 20.0. The number of methoxy groups -OCH3 is 2. The molecule has 0 aliphatic heterocycles. The molecular weight excluding hydrogens is 520 g/mol. The molecule has 0 aliphatic rings. The highest BCUT2D eigenvalue weighted by atomic mass is 16.5. The number of anilines is 2. The maximum Gasteiger partial charge on any atom is 0.259 e. The summed E-state index contributed by atoms with van der Waals surface area (Å²) in [4.78, 5) is 26.3. The van der Waals surface area contributed by atoms with Crippen molar-refractivity contribution in [2.45, 2.75) is 0 Å². The van der Waals surface area contributed by atoms with Crippen LogP contribution in [-0.4, -0.2) is 31.1 Å². The van der Waals surface area contributed by atoms with Crippen LogP contribution in [0.15, 0.2) is 113 Å². The number of amides is 2. The van der Waals surface area contributed by atoms with Crippen LogP contribution in [0.3, 0.4) is 0 Å². The van der Waals surface area contributed by atoms with Crippen LogP contribution in [0.1, 0.15) is 20.7 Å². The first-order valence-electron chi connectivity index (χ1n) is 12.6. The lowest BCUT2D eigenvalue weighted by atomic mass is 10.0. The maximum atomic E-state index is 13.2.